The van der Waals surface area contributed by atoms with Gasteiger partial charge in [-0.05, 0) is 49.9 Å². The fourth-order valence-corrected chi connectivity index (χ4v) is 4.30. The van der Waals surface area contributed by atoms with Gasteiger partial charge >= 0.3 is 0 Å². The zero-order chi connectivity index (χ0) is 22.4. The van der Waals surface area contributed by atoms with Crippen LogP contribution in [0.3, 0.4) is 0 Å². The second kappa shape index (κ2) is 13.9. The first-order valence-electron chi connectivity index (χ1n) is 13.0. The second-order valence-corrected chi connectivity index (χ2v) is 9.17. The number of unbranched alkanes of at least 4 members (excludes halogenated alkanes) is 10. The third-order valence-corrected chi connectivity index (χ3v) is 6.37. The minimum Gasteiger partial charge on any atom is -0.236 e. The normalized spacial score (nSPS) is 11.3. The second-order valence-electron chi connectivity index (χ2n) is 9.17. The molecule has 0 saturated heterocycles. The molecule has 0 amide bonds. The molecule has 0 saturated carbocycles. The van der Waals surface area contributed by atoms with E-state index in [-0.39, 0.29) is 0 Å². The van der Waals surface area contributed by atoms with E-state index in [0.717, 1.165) is 13.1 Å². The predicted octanol–water partition coefficient (Wildman–Crippen LogP) is 6.56. The molecule has 3 aromatic rings. The largest absolute Gasteiger partial charge is 0.248 e. The van der Waals surface area contributed by atoms with Crippen LogP contribution >= 0.6 is 0 Å². The first-order chi connectivity index (χ1) is 15.8. The molecule has 2 aromatic heterocycles. The van der Waals surface area contributed by atoms with Gasteiger partial charge in [0, 0.05) is 0 Å². The van der Waals surface area contributed by atoms with Gasteiger partial charge < -0.3 is 0 Å². The van der Waals surface area contributed by atoms with E-state index in [1.165, 1.54) is 88.4 Å². The average Bonchev–Trinajstić information content (AvgIpc) is 3.49. The number of imidazole rings is 2. The summed E-state index contributed by atoms with van der Waals surface area (Å²) in [5, 5.41) is 0. The van der Waals surface area contributed by atoms with Gasteiger partial charge in [-0.25, -0.2) is 18.3 Å². The molecule has 0 unspecified atom stereocenters. The monoisotopic (exact) mass is 436 g/mol. The first kappa shape index (κ1) is 24.3. The Bertz CT molecular complexity index is 802. The number of rotatable bonds is 16. The van der Waals surface area contributed by atoms with E-state index < -0.39 is 0 Å². The minimum absolute atomic E-state index is 1.11. The highest BCUT2D eigenvalue weighted by molar-refractivity contribution is 5.41. The van der Waals surface area contributed by atoms with Gasteiger partial charge in [0.05, 0.1) is 13.1 Å². The zero-order valence-electron chi connectivity index (χ0n) is 20.5. The van der Waals surface area contributed by atoms with Crippen LogP contribution in [0.2, 0.25) is 0 Å². The fourth-order valence-electron chi connectivity index (χ4n) is 4.30. The molecule has 4 nitrogen and oxygen atoms in total. The first-order valence-corrected chi connectivity index (χ1v) is 13.0. The number of aryl methyl sites for hydroxylation is 2. The van der Waals surface area contributed by atoms with E-state index in [1.54, 1.807) is 0 Å². The Morgan fingerprint density at radius 2 is 0.906 bits per heavy atom. The van der Waals surface area contributed by atoms with E-state index >= 15 is 0 Å². The van der Waals surface area contributed by atoms with E-state index in [1.807, 2.05) is 0 Å². The molecule has 0 aliphatic carbocycles. The third kappa shape index (κ3) is 7.96. The van der Waals surface area contributed by atoms with Crippen LogP contribution in [0, 0.1) is 0 Å². The van der Waals surface area contributed by atoms with Gasteiger partial charge in [0.15, 0.2) is 0 Å². The maximum Gasteiger partial charge on any atom is 0.248 e. The molecule has 0 bridgehead atoms. The summed E-state index contributed by atoms with van der Waals surface area (Å²) in [5.74, 6) is 0. The van der Waals surface area contributed by atoms with Crippen LogP contribution < -0.4 is 9.13 Å². The molecular weight excluding hydrogens is 392 g/mol. The Morgan fingerprint density at radius 3 is 1.31 bits per heavy atom. The van der Waals surface area contributed by atoms with Crippen LogP contribution in [0.4, 0.5) is 0 Å². The third-order valence-electron chi connectivity index (χ3n) is 6.37. The summed E-state index contributed by atoms with van der Waals surface area (Å²) < 4.78 is 9.06. The molecule has 32 heavy (non-hydrogen) atoms. The van der Waals surface area contributed by atoms with Crippen LogP contribution in [0.25, 0.3) is 11.4 Å². The molecule has 4 heteroatoms. The van der Waals surface area contributed by atoms with Gasteiger partial charge in [-0.15, -0.1) is 0 Å². The molecule has 2 heterocycles. The summed E-state index contributed by atoms with van der Waals surface area (Å²) in [4.78, 5) is 0. The highest BCUT2D eigenvalue weighted by atomic mass is 15.1. The Kier molecular flexibility index (Phi) is 10.6. The summed E-state index contributed by atoms with van der Waals surface area (Å²) in [5.41, 5.74) is 2.42. The number of nitrogens with zero attached hydrogens (tertiary/aromatic N) is 4. The van der Waals surface area contributed by atoms with Gasteiger partial charge in [0.25, 0.3) is 0 Å². The molecule has 0 spiro atoms. The molecule has 0 aliphatic rings. The standard InChI is InChI=1S/C28H44N4/c1-3-5-7-9-11-13-19-29-21-23-31(25-29)27-15-17-28(18-16-27)32-24-22-30(26-32)20-14-12-10-8-6-4-2/h15-18,21-26H,3-14,19-20H2,1-2H3/q+2. The molecule has 174 valence electrons. The number of hydrogen-bond donors (Lipinski definition) is 0. The lowest BCUT2D eigenvalue weighted by molar-refractivity contribution is -0.696. The highest BCUT2D eigenvalue weighted by Gasteiger charge is 2.10. The summed E-state index contributed by atoms with van der Waals surface area (Å²) in [6.45, 7) is 6.77. The van der Waals surface area contributed by atoms with Gasteiger partial charge in [0.2, 0.25) is 12.7 Å². The summed E-state index contributed by atoms with van der Waals surface area (Å²) >= 11 is 0. The van der Waals surface area contributed by atoms with Crippen molar-refractivity contribution in [3.63, 3.8) is 0 Å². The quantitative estimate of drug-likeness (QED) is 0.179. The van der Waals surface area contributed by atoms with Crippen molar-refractivity contribution in [1.82, 2.24) is 9.13 Å². The van der Waals surface area contributed by atoms with Gasteiger partial charge in [0.1, 0.15) is 36.2 Å². The van der Waals surface area contributed by atoms with Crippen LogP contribution in [0.1, 0.15) is 90.9 Å². The van der Waals surface area contributed by atoms with Crippen molar-refractivity contribution in [1.29, 1.82) is 0 Å². The molecule has 1 aromatic carbocycles. The molecule has 0 aliphatic heterocycles. The molecule has 3 rings (SSSR count). The van der Waals surface area contributed by atoms with Crippen molar-refractivity contribution >= 4 is 0 Å². The smallest absolute Gasteiger partial charge is 0.236 e. The van der Waals surface area contributed by atoms with Crippen molar-refractivity contribution in [3.05, 3.63) is 61.7 Å². The van der Waals surface area contributed by atoms with Crippen molar-refractivity contribution in [2.45, 2.75) is 104 Å². The molecule has 0 fully saturated rings. The van der Waals surface area contributed by atoms with Crippen molar-refractivity contribution in [3.8, 4) is 11.4 Å². The van der Waals surface area contributed by atoms with Crippen molar-refractivity contribution in [2.24, 2.45) is 0 Å². The Labute approximate surface area is 195 Å². The van der Waals surface area contributed by atoms with Gasteiger partial charge in [-0.2, -0.15) is 0 Å². The van der Waals surface area contributed by atoms with E-state index in [9.17, 15) is 0 Å². The fraction of sp³-hybridized carbons (Fsp3) is 0.571. The molecule has 0 N–H and O–H groups in total. The van der Waals surface area contributed by atoms with Crippen LogP contribution in [-0.4, -0.2) is 9.13 Å². The summed E-state index contributed by atoms with van der Waals surface area (Å²) in [6.07, 6.45) is 29.2. The Morgan fingerprint density at radius 1 is 0.531 bits per heavy atom. The van der Waals surface area contributed by atoms with E-state index in [4.69, 9.17) is 0 Å². The Hall–Kier alpha value is -2.36. The number of aromatic nitrogens is 4. The lowest BCUT2D eigenvalue weighted by Crippen LogP contribution is -2.30. The van der Waals surface area contributed by atoms with Crippen LogP contribution in [0.15, 0.2) is 61.7 Å². The topological polar surface area (TPSA) is 17.6 Å². The SMILES string of the molecule is CCCCCCCC[n+]1ccn(-c2ccc(-n3cc[n+](CCCCCCCC)c3)cc2)c1. The average molecular weight is 437 g/mol. The van der Waals surface area contributed by atoms with E-state index in [2.05, 4.69) is 93.8 Å². The zero-order valence-corrected chi connectivity index (χ0v) is 20.5. The molecule has 0 radical (unpaired) electrons. The van der Waals surface area contributed by atoms with Crippen LogP contribution in [-0.2, 0) is 13.1 Å². The highest BCUT2D eigenvalue weighted by Crippen LogP contribution is 2.13. The number of benzene rings is 1. The molecular formula is C28H44N4+2. The lowest BCUT2D eigenvalue weighted by Gasteiger charge is -2.00. The minimum atomic E-state index is 1.11. The van der Waals surface area contributed by atoms with Crippen molar-refractivity contribution < 1.29 is 9.13 Å². The van der Waals surface area contributed by atoms with Gasteiger partial charge in [-0.3, -0.25) is 0 Å². The number of hydrogen-bond acceptors (Lipinski definition) is 0. The lowest BCUT2D eigenvalue weighted by atomic mass is 10.1. The van der Waals surface area contributed by atoms with Gasteiger partial charge in [-0.1, -0.05) is 65.2 Å². The maximum absolute atomic E-state index is 2.31. The van der Waals surface area contributed by atoms with Crippen LogP contribution in [0.5, 0.6) is 0 Å². The molecule has 0 atom stereocenters. The Balaban J connectivity index is 1.45. The van der Waals surface area contributed by atoms with Crippen molar-refractivity contribution in [2.75, 3.05) is 0 Å². The van der Waals surface area contributed by atoms with E-state index in [0.29, 0.717) is 0 Å². The summed E-state index contributed by atoms with van der Waals surface area (Å²) in [6, 6.07) is 8.84. The summed E-state index contributed by atoms with van der Waals surface area (Å²) in [7, 11) is 0. The predicted molar refractivity (Wildman–Crippen MR) is 132 cm³/mol. The maximum atomic E-state index is 2.31.